The van der Waals surface area contributed by atoms with Crippen molar-refractivity contribution in [2.45, 2.75) is 32.2 Å². The SMILES string of the molecule is COC(=O)c1c(NC(=S)Nc2ccn(Cc3c(F)c(F)cc(F)c3F)n2)sc2c1CCCC2. The Kier molecular flexibility index (Phi) is 6.66. The van der Waals surface area contributed by atoms with E-state index in [1.54, 1.807) is 0 Å². The van der Waals surface area contributed by atoms with Crippen molar-refractivity contribution >= 4 is 45.5 Å². The third kappa shape index (κ3) is 4.71. The Balaban J connectivity index is 1.48. The number of halogens is 4. The average Bonchev–Trinajstić information content (AvgIpc) is 3.38. The number of hydrogen-bond acceptors (Lipinski definition) is 5. The molecule has 4 rings (SSSR count). The summed E-state index contributed by atoms with van der Waals surface area (Å²) in [5.74, 6) is -6.15. The summed E-state index contributed by atoms with van der Waals surface area (Å²) in [5, 5.41) is 10.6. The summed E-state index contributed by atoms with van der Waals surface area (Å²) in [4.78, 5) is 13.5. The van der Waals surface area contributed by atoms with Crippen LogP contribution >= 0.6 is 23.6 Å². The number of fused-ring (bicyclic) bond motifs is 1. The highest BCUT2D eigenvalue weighted by molar-refractivity contribution is 7.80. The van der Waals surface area contributed by atoms with Gasteiger partial charge in [-0.2, -0.15) is 5.10 Å². The highest BCUT2D eigenvalue weighted by Gasteiger charge is 2.26. The van der Waals surface area contributed by atoms with Gasteiger partial charge in [0.15, 0.2) is 34.2 Å². The first-order chi connectivity index (χ1) is 15.8. The Labute approximate surface area is 195 Å². The second kappa shape index (κ2) is 9.48. The summed E-state index contributed by atoms with van der Waals surface area (Å²) >= 11 is 6.76. The van der Waals surface area contributed by atoms with E-state index in [9.17, 15) is 22.4 Å². The van der Waals surface area contributed by atoms with Crippen LogP contribution < -0.4 is 10.6 Å². The Morgan fingerprint density at radius 2 is 1.88 bits per heavy atom. The number of methoxy groups -OCH3 is 1. The molecule has 1 aliphatic rings. The highest BCUT2D eigenvalue weighted by Crippen LogP contribution is 2.38. The maximum Gasteiger partial charge on any atom is 0.341 e. The first-order valence-corrected chi connectivity index (χ1v) is 11.2. The van der Waals surface area contributed by atoms with E-state index in [1.807, 2.05) is 0 Å². The van der Waals surface area contributed by atoms with Crippen LogP contribution in [0.1, 0.15) is 39.2 Å². The van der Waals surface area contributed by atoms with Crippen LogP contribution in [-0.4, -0.2) is 28.0 Å². The van der Waals surface area contributed by atoms with Gasteiger partial charge in [-0.15, -0.1) is 11.3 Å². The van der Waals surface area contributed by atoms with Crippen LogP contribution in [0.2, 0.25) is 0 Å². The average molecular weight is 499 g/mol. The third-order valence-corrected chi connectivity index (χ3v) is 6.60. The number of thiocarbonyl (C=S) groups is 1. The van der Waals surface area contributed by atoms with Gasteiger partial charge in [-0.05, 0) is 43.5 Å². The molecule has 0 saturated carbocycles. The van der Waals surface area contributed by atoms with E-state index in [-0.39, 0.29) is 17.0 Å². The molecule has 0 unspecified atom stereocenters. The molecule has 2 heterocycles. The van der Waals surface area contributed by atoms with Gasteiger partial charge in [0.2, 0.25) is 0 Å². The molecule has 0 aliphatic heterocycles. The molecule has 0 atom stereocenters. The van der Waals surface area contributed by atoms with Gasteiger partial charge in [0, 0.05) is 23.2 Å². The van der Waals surface area contributed by atoms with Crippen LogP contribution in [0.3, 0.4) is 0 Å². The monoisotopic (exact) mass is 498 g/mol. The van der Waals surface area contributed by atoms with E-state index < -0.39 is 41.3 Å². The molecule has 174 valence electrons. The Morgan fingerprint density at radius 1 is 1.18 bits per heavy atom. The number of carbonyl (C=O) groups is 1. The molecule has 2 N–H and O–H groups in total. The zero-order valence-corrected chi connectivity index (χ0v) is 18.9. The summed E-state index contributed by atoms with van der Waals surface area (Å²) in [6.45, 7) is -0.529. The molecule has 0 fully saturated rings. The number of rotatable bonds is 5. The number of anilines is 2. The highest BCUT2D eigenvalue weighted by atomic mass is 32.1. The number of aryl methyl sites for hydroxylation is 1. The summed E-state index contributed by atoms with van der Waals surface area (Å²) < 4.78 is 60.7. The van der Waals surface area contributed by atoms with Crippen molar-refractivity contribution in [3.8, 4) is 0 Å². The molecule has 0 saturated heterocycles. The van der Waals surface area contributed by atoms with Crippen molar-refractivity contribution < 1.29 is 27.1 Å². The van der Waals surface area contributed by atoms with Crippen LogP contribution in [0.5, 0.6) is 0 Å². The van der Waals surface area contributed by atoms with Gasteiger partial charge in [0.05, 0.1) is 24.8 Å². The summed E-state index contributed by atoms with van der Waals surface area (Å²) in [6.07, 6.45) is 5.07. The van der Waals surface area contributed by atoms with Gasteiger partial charge in [-0.25, -0.2) is 22.4 Å². The maximum atomic E-state index is 13.9. The van der Waals surface area contributed by atoms with Crippen molar-refractivity contribution in [1.29, 1.82) is 0 Å². The maximum absolute atomic E-state index is 13.9. The lowest BCUT2D eigenvalue weighted by Gasteiger charge is -2.12. The second-order valence-corrected chi connectivity index (χ2v) is 8.84. The first-order valence-electron chi connectivity index (χ1n) is 9.94. The standard InChI is InChI=1S/C21H18F4N4O2S2/c1-31-20(30)16-10-4-2-3-5-14(10)33-19(16)27-21(32)26-15-6-7-29(28-15)9-11-17(24)12(22)8-13(23)18(11)25/h6-8H,2-5,9H2,1H3,(H2,26,27,28,32). The van der Waals surface area contributed by atoms with E-state index in [0.29, 0.717) is 10.6 Å². The number of carbonyl (C=O) groups excluding carboxylic acids is 1. The molecule has 2 aromatic heterocycles. The van der Waals surface area contributed by atoms with Crippen molar-refractivity contribution in [2.24, 2.45) is 0 Å². The molecule has 0 bridgehead atoms. The van der Waals surface area contributed by atoms with Gasteiger partial charge in [-0.1, -0.05) is 0 Å². The normalized spacial score (nSPS) is 12.9. The van der Waals surface area contributed by atoms with E-state index >= 15 is 0 Å². The Bertz CT molecular complexity index is 1220. The topological polar surface area (TPSA) is 68.2 Å². The van der Waals surface area contributed by atoms with Crippen molar-refractivity contribution in [1.82, 2.24) is 9.78 Å². The lowest BCUT2D eigenvalue weighted by Crippen LogP contribution is -2.21. The number of hydrogen-bond donors (Lipinski definition) is 2. The molecule has 0 spiro atoms. The minimum atomic E-state index is -1.49. The van der Waals surface area contributed by atoms with Crippen LogP contribution in [0.15, 0.2) is 18.3 Å². The zero-order valence-electron chi connectivity index (χ0n) is 17.3. The van der Waals surface area contributed by atoms with E-state index in [2.05, 4.69) is 15.7 Å². The van der Waals surface area contributed by atoms with Crippen molar-refractivity contribution in [3.63, 3.8) is 0 Å². The first kappa shape index (κ1) is 23.2. The van der Waals surface area contributed by atoms with E-state index in [1.165, 1.54) is 30.7 Å². The zero-order chi connectivity index (χ0) is 23.7. The minimum absolute atomic E-state index is 0.137. The summed E-state index contributed by atoms with van der Waals surface area (Å²) in [7, 11) is 1.32. The number of esters is 1. The lowest BCUT2D eigenvalue weighted by atomic mass is 9.95. The lowest BCUT2D eigenvalue weighted by molar-refractivity contribution is 0.0601. The molecule has 6 nitrogen and oxygen atoms in total. The molecule has 33 heavy (non-hydrogen) atoms. The van der Waals surface area contributed by atoms with Gasteiger partial charge in [0.1, 0.15) is 5.00 Å². The van der Waals surface area contributed by atoms with Crippen molar-refractivity contribution in [3.05, 3.63) is 63.2 Å². The van der Waals surface area contributed by atoms with Crippen LogP contribution in [0.25, 0.3) is 0 Å². The van der Waals surface area contributed by atoms with Crippen LogP contribution in [0, 0.1) is 23.3 Å². The summed E-state index contributed by atoms with van der Waals surface area (Å²) in [5.41, 5.74) is 0.653. The fraction of sp³-hybridized carbons (Fsp3) is 0.286. The molecule has 0 radical (unpaired) electrons. The second-order valence-electron chi connectivity index (χ2n) is 7.33. The Morgan fingerprint density at radius 3 is 2.58 bits per heavy atom. The third-order valence-electron chi connectivity index (χ3n) is 5.19. The quantitative estimate of drug-likeness (QED) is 0.223. The molecule has 12 heteroatoms. The van der Waals surface area contributed by atoms with E-state index in [0.717, 1.165) is 40.8 Å². The number of benzene rings is 1. The molecular weight excluding hydrogens is 480 g/mol. The molecular formula is C21H18F4N4O2S2. The number of thiophene rings is 1. The van der Waals surface area contributed by atoms with Gasteiger partial charge in [0.25, 0.3) is 0 Å². The van der Waals surface area contributed by atoms with Crippen LogP contribution in [-0.2, 0) is 24.1 Å². The minimum Gasteiger partial charge on any atom is -0.465 e. The van der Waals surface area contributed by atoms with E-state index in [4.69, 9.17) is 17.0 Å². The number of aromatic nitrogens is 2. The number of nitrogens with zero attached hydrogens (tertiary/aromatic N) is 2. The molecule has 1 aromatic carbocycles. The summed E-state index contributed by atoms with van der Waals surface area (Å²) in [6, 6.07) is 1.62. The van der Waals surface area contributed by atoms with Gasteiger partial charge in [-0.3, -0.25) is 4.68 Å². The number of nitrogens with one attached hydrogen (secondary N) is 2. The van der Waals surface area contributed by atoms with Crippen molar-refractivity contribution in [2.75, 3.05) is 17.7 Å². The molecule has 0 amide bonds. The van der Waals surface area contributed by atoms with Gasteiger partial charge < -0.3 is 15.4 Å². The smallest absolute Gasteiger partial charge is 0.341 e. The molecule has 3 aromatic rings. The predicted molar refractivity (Wildman–Crippen MR) is 120 cm³/mol. The fourth-order valence-corrected chi connectivity index (χ4v) is 5.22. The Hall–Kier alpha value is -2.99. The van der Waals surface area contributed by atoms with Gasteiger partial charge >= 0.3 is 5.97 Å². The fourth-order valence-electron chi connectivity index (χ4n) is 3.66. The molecule has 1 aliphatic carbocycles. The largest absolute Gasteiger partial charge is 0.465 e. The number of ether oxygens (including phenoxy) is 1. The van der Waals surface area contributed by atoms with Crippen LogP contribution in [0.4, 0.5) is 28.4 Å². The predicted octanol–water partition coefficient (Wildman–Crippen LogP) is 5.02.